The Balaban J connectivity index is 1.86. The quantitative estimate of drug-likeness (QED) is 0.611. The second-order valence-corrected chi connectivity index (χ2v) is 5.82. The molecular formula is C21H17N3O. The number of hydrogen-bond donors (Lipinski definition) is 1. The van der Waals surface area contributed by atoms with Crippen LogP contribution >= 0.6 is 0 Å². The van der Waals surface area contributed by atoms with Gasteiger partial charge in [-0.15, -0.1) is 0 Å². The Morgan fingerprint density at radius 2 is 1.44 bits per heavy atom. The lowest BCUT2D eigenvalue weighted by Gasteiger charge is -2.15. The van der Waals surface area contributed by atoms with Crippen molar-refractivity contribution in [2.24, 2.45) is 0 Å². The number of para-hydroxylation sites is 2. The molecule has 4 aromatic rings. The average Bonchev–Trinajstić information content (AvgIpc) is 2.67. The Labute approximate surface area is 145 Å². The van der Waals surface area contributed by atoms with E-state index in [0.29, 0.717) is 23.4 Å². The molecule has 0 fully saturated rings. The Kier molecular flexibility index (Phi) is 4.01. The van der Waals surface area contributed by atoms with E-state index in [-0.39, 0.29) is 5.56 Å². The van der Waals surface area contributed by atoms with Gasteiger partial charge in [0.25, 0.3) is 5.56 Å². The molecule has 0 amide bonds. The van der Waals surface area contributed by atoms with E-state index >= 15 is 0 Å². The molecule has 0 atom stereocenters. The van der Waals surface area contributed by atoms with E-state index in [1.807, 2.05) is 84.9 Å². The smallest absolute Gasteiger partial charge is 0.263 e. The Bertz CT molecular complexity index is 1060. The summed E-state index contributed by atoms with van der Waals surface area (Å²) >= 11 is 0. The van der Waals surface area contributed by atoms with Gasteiger partial charge in [0.05, 0.1) is 17.4 Å². The van der Waals surface area contributed by atoms with Crippen LogP contribution in [0.15, 0.2) is 89.7 Å². The molecule has 3 aromatic carbocycles. The Morgan fingerprint density at radius 1 is 0.800 bits per heavy atom. The third-order valence-corrected chi connectivity index (χ3v) is 4.08. The van der Waals surface area contributed by atoms with Crippen LogP contribution in [0.5, 0.6) is 0 Å². The molecule has 4 rings (SSSR count). The highest BCUT2D eigenvalue weighted by Crippen LogP contribution is 2.17. The van der Waals surface area contributed by atoms with Crippen LogP contribution in [0.4, 0.5) is 11.6 Å². The molecular weight excluding hydrogens is 310 g/mol. The first-order valence-corrected chi connectivity index (χ1v) is 8.17. The third-order valence-electron chi connectivity index (χ3n) is 4.08. The fourth-order valence-electron chi connectivity index (χ4n) is 2.83. The molecule has 0 saturated heterocycles. The highest BCUT2D eigenvalue weighted by Gasteiger charge is 2.11. The summed E-state index contributed by atoms with van der Waals surface area (Å²) in [5.74, 6) is 0.541. The van der Waals surface area contributed by atoms with Crippen LogP contribution in [0.1, 0.15) is 5.56 Å². The van der Waals surface area contributed by atoms with Crippen molar-refractivity contribution >= 4 is 22.5 Å². The van der Waals surface area contributed by atoms with Gasteiger partial charge >= 0.3 is 0 Å². The molecule has 0 bridgehead atoms. The van der Waals surface area contributed by atoms with Crippen molar-refractivity contribution < 1.29 is 0 Å². The van der Waals surface area contributed by atoms with Crippen molar-refractivity contribution in [3.8, 4) is 0 Å². The zero-order valence-corrected chi connectivity index (χ0v) is 13.6. The molecule has 0 spiro atoms. The first-order chi connectivity index (χ1) is 12.3. The van der Waals surface area contributed by atoms with Crippen LogP contribution in [0, 0.1) is 0 Å². The van der Waals surface area contributed by atoms with Crippen molar-refractivity contribution in [1.29, 1.82) is 0 Å². The van der Waals surface area contributed by atoms with Crippen molar-refractivity contribution in [1.82, 2.24) is 9.55 Å². The topological polar surface area (TPSA) is 46.9 Å². The summed E-state index contributed by atoms with van der Waals surface area (Å²) in [5, 5.41) is 3.90. The molecule has 1 aromatic heterocycles. The first-order valence-electron chi connectivity index (χ1n) is 8.17. The van der Waals surface area contributed by atoms with Crippen LogP contribution in [0.3, 0.4) is 0 Å². The molecule has 1 N–H and O–H groups in total. The second kappa shape index (κ2) is 6.61. The van der Waals surface area contributed by atoms with E-state index in [0.717, 1.165) is 11.3 Å². The molecule has 0 aliphatic heterocycles. The van der Waals surface area contributed by atoms with Crippen LogP contribution in [0.2, 0.25) is 0 Å². The summed E-state index contributed by atoms with van der Waals surface area (Å²) in [6.45, 7) is 0.465. The highest BCUT2D eigenvalue weighted by molar-refractivity contribution is 5.79. The minimum Gasteiger partial charge on any atom is -0.326 e. The van der Waals surface area contributed by atoms with E-state index in [1.54, 1.807) is 4.57 Å². The molecule has 1 heterocycles. The molecule has 0 unspecified atom stereocenters. The molecule has 0 aliphatic carbocycles. The van der Waals surface area contributed by atoms with E-state index in [4.69, 9.17) is 0 Å². The van der Waals surface area contributed by atoms with Gasteiger partial charge in [0.1, 0.15) is 0 Å². The molecule has 122 valence electrons. The maximum absolute atomic E-state index is 13.0. The lowest BCUT2D eigenvalue weighted by Crippen LogP contribution is -2.24. The lowest BCUT2D eigenvalue weighted by atomic mass is 10.2. The van der Waals surface area contributed by atoms with E-state index < -0.39 is 0 Å². The molecule has 4 heteroatoms. The normalized spacial score (nSPS) is 10.7. The van der Waals surface area contributed by atoms with Gasteiger partial charge in [-0.25, -0.2) is 4.98 Å². The summed E-state index contributed by atoms with van der Waals surface area (Å²) < 4.78 is 1.69. The fourth-order valence-corrected chi connectivity index (χ4v) is 2.83. The zero-order chi connectivity index (χ0) is 17.1. The monoisotopic (exact) mass is 327 g/mol. The van der Waals surface area contributed by atoms with Gasteiger partial charge in [-0.3, -0.25) is 9.36 Å². The van der Waals surface area contributed by atoms with Crippen molar-refractivity contribution in [3.63, 3.8) is 0 Å². The van der Waals surface area contributed by atoms with Crippen LogP contribution < -0.4 is 10.9 Å². The van der Waals surface area contributed by atoms with Crippen LogP contribution in [0.25, 0.3) is 10.9 Å². The number of hydrogen-bond acceptors (Lipinski definition) is 3. The number of fused-ring (bicyclic) bond motifs is 1. The van der Waals surface area contributed by atoms with E-state index in [2.05, 4.69) is 10.3 Å². The van der Waals surface area contributed by atoms with E-state index in [9.17, 15) is 4.79 Å². The molecule has 0 aliphatic rings. The number of rotatable bonds is 4. The second-order valence-electron chi connectivity index (χ2n) is 5.82. The number of nitrogens with one attached hydrogen (secondary N) is 1. The standard InChI is InChI=1S/C21H17N3O/c25-20-18-13-7-8-14-19(18)23-21(22-17-11-5-2-6-12-17)24(20)15-16-9-3-1-4-10-16/h1-14H,15H2,(H,22,23). The molecule has 25 heavy (non-hydrogen) atoms. The molecule has 4 nitrogen and oxygen atoms in total. The maximum Gasteiger partial charge on any atom is 0.263 e. The fraction of sp³-hybridized carbons (Fsp3) is 0.0476. The van der Waals surface area contributed by atoms with Gasteiger partial charge in [-0.2, -0.15) is 0 Å². The summed E-state index contributed by atoms with van der Waals surface area (Å²) in [7, 11) is 0. The van der Waals surface area contributed by atoms with Crippen LogP contribution in [-0.4, -0.2) is 9.55 Å². The summed E-state index contributed by atoms with van der Waals surface area (Å²) in [5.41, 5.74) is 2.59. The number of benzene rings is 3. The van der Waals surface area contributed by atoms with Crippen molar-refractivity contribution in [2.75, 3.05) is 5.32 Å². The minimum atomic E-state index is -0.0483. The van der Waals surface area contributed by atoms with Gasteiger partial charge in [0.15, 0.2) is 0 Å². The number of aromatic nitrogens is 2. The summed E-state index contributed by atoms with van der Waals surface area (Å²) in [6.07, 6.45) is 0. The van der Waals surface area contributed by atoms with Gasteiger partial charge in [0.2, 0.25) is 5.95 Å². The largest absolute Gasteiger partial charge is 0.326 e. The Hall–Kier alpha value is -3.40. The van der Waals surface area contributed by atoms with Crippen molar-refractivity contribution in [2.45, 2.75) is 6.54 Å². The average molecular weight is 327 g/mol. The van der Waals surface area contributed by atoms with Gasteiger partial charge in [-0.05, 0) is 29.8 Å². The Morgan fingerprint density at radius 3 is 2.20 bits per heavy atom. The summed E-state index contributed by atoms with van der Waals surface area (Å²) in [6, 6.07) is 27.1. The van der Waals surface area contributed by atoms with Crippen molar-refractivity contribution in [3.05, 3.63) is 101 Å². The lowest BCUT2D eigenvalue weighted by molar-refractivity contribution is 0.761. The maximum atomic E-state index is 13.0. The molecule has 0 saturated carbocycles. The zero-order valence-electron chi connectivity index (χ0n) is 13.6. The summed E-state index contributed by atoms with van der Waals surface area (Å²) in [4.78, 5) is 17.7. The molecule has 0 radical (unpaired) electrons. The van der Waals surface area contributed by atoms with Gasteiger partial charge in [0, 0.05) is 5.69 Å². The number of anilines is 2. The van der Waals surface area contributed by atoms with E-state index in [1.165, 1.54) is 0 Å². The van der Waals surface area contributed by atoms with Crippen LogP contribution in [-0.2, 0) is 6.54 Å². The SMILES string of the molecule is O=c1c2ccccc2nc(Nc2ccccc2)n1Cc1ccccc1. The van der Waals surface area contributed by atoms with Gasteiger partial charge < -0.3 is 5.32 Å². The van der Waals surface area contributed by atoms with Gasteiger partial charge in [-0.1, -0.05) is 60.7 Å². The highest BCUT2D eigenvalue weighted by atomic mass is 16.1. The first kappa shape index (κ1) is 15.1. The predicted molar refractivity (Wildman–Crippen MR) is 101 cm³/mol. The third kappa shape index (κ3) is 3.15. The number of nitrogens with zero attached hydrogens (tertiary/aromatic N) is 2. The predicted octanol–water partition coefficient (Wildman–Crippen LogP) is 4.19. The minimum absolute atomic E-state index is 0.0483.